The number of carbonyl (C=O) groups excluding carboxylic acids is 1. The number of hydrogen-bond acceptors (Lipinski definition) is 4. The molecule has 5 nitrogen and oxygen atoms in total. The lowest BCUT2D eigenvalue weighted by Gasteiger charge is -2.34. The molecule has 0 aromatic heterocycles. The van der Waals surface area contributed by atoms with E-state index in [9.17, 15) is 9.35 Å². The molecule has 0 heterocycles. The van der Waals surface area contributed by atoms with Gasteiger partial charge in [0.25, 0.3) is 0 Å². The molecule has 1 amide bonds. The average molecular weight is 381 g/mol. The number of carbonyl (C=O) groups is 1. The van der Waals surface area contributed by atoms with Crippen molar-refractivity contribution in [1.82, 2.24) is 10.0 Å². The molecule has 1 unspecified atom stereocenters. The van der Waals surface area contributed by atoms with Crippen molar-refractivity contribution in [2.45, 2.75) is 76.8 Å². The fourth-order valence-corrected chi connectivity index (χ4v) is 4.03. The molecule has 6 heteroatoms. The highest BCUT2D eigenvalue weighted by atomic mass is 32.2. The van der Waals surface area contributed by atoms with Gasteiger partial charge in [-0.15, -0.1) is 4.72 Å². The molecule has 0 saturated heterocycles. The minimum absolute atomic E-state index is 0.0759. The van der Waals surface area contributed by atoms with E-state index < -0.39 is 11.4 Å². The van der Waals surface area contributed by atoms with Crippen molar-refractivity contribution in [3.63, 3.8) is 0 Å². The van der Waals surface area contributed by atoms with Crippen molar-refractivity contribution in [2.24, 2.45) is 5.92 Å². The van der Waals surface area contributed by atoms with Crippen LogP contribution < -0.4 is 10.0 Å². The number of ether oxygens (including phenoxy) is 1. The molecule has 1 fully saturated rings. The van der Waals surface area contributed by atoms with Crippen molar-refractivity contribution < 1.29 is 14.1 Å². The first-order valence-electron chi connectivity index (χ1n) is 9.35. The summed E-state index contributed by atoms with van der Waals surface area (Å²) in [5.74, 6) is 0.170. The van der Waals surface area contributed by atoms with E-state index in [1.807, 2.05) is 51.1 Å². The van der Waals surface area contributed by atoms with Gasteiger partial charge in [0.15, 0.2) is 0 Å². The van der Waals surface area contributed by atoms with Crippen LogP contribution in [0.1, 0.15) is 59.4 Å². The Bertz CT molecular complexity index is 584. The molecular formula is C20H32N2O3S. The van der Waals surface area contributed by atoms with Gasteiger partial charge >= 0.3 is 6.09 Å². The third-order valence-electron chi connectivity index (χ3n) is 5.08. The van der Waals surface area contributed by atoms with Gasteiger partial charge in [-0.25, -0.2) is 4.79 Å². The maximum Gasteiger partial charge on any atom is 0.407 e. The minimum Gasteiger partial charge on any atom is -0.598 e. The Labute approximate surface area is 160 Å². The van der Waals surface area contributed by atoms with Gasteiger partial charge in [0.1, 0.15) is 11.4 Å². The van der Waals surface area contributed by atoms with Crippen molar-refractivity contribution in [1.29, 1.82) is 0 Å². The Hall–Kier alpha value is -1.24. The second-order valence-corrected chi connectivity index (χ2v) is 10.1. The van der Waals surface area contributed by atoms with E-state index in [0.717, 1.165) is 24.8 Å². The lowest BCUT2D eigenvalue weighted by molar-refractivity contribution is 0.128. The van der Waals surface area contributed by atoms with Crippen molar-refractivity contribution >= 4 is 17.5 Å². The fraction of sp³-hybridized carbons (Fsp3) is 0.650. The van der Waals surface area contributed by atoms with E-state index in [1.165, 1.54) is 0 Å². The van der Waals surface area contributed by atoms with Gasteiger partial charge in [-0.2, -0.15) is 0 Å². The van der Waals surface area contributed by atoms with Crippen molar-refractivity contribution in [3.8, 4) is 0 Å². The number of alkyl carbamates (subject to hydrolysis) is 1. The zero-order valence-corrected chi connectivity index (χ0v) is 17.3. The van der Waals surface area contributed by atoms with Crippen LogP contribution >= 0.6 is 0 Å². The zero-order chi connectivity index (χ0) is 19.4. The van der Waals surface area contributed by atoms with Crippen LogP contribution in [-0.2, 0) is 22.7 Å². The van der Waals surface area contributed by atoms with Crippen LogP contribution in [0, 0.1) is 5.92 Å². The van der Waals surface area contributed by atoms with Crippen LogP contribution in [0.3, 0.4) is 0 Å². The molecule has 1 aromatic carbocycles. The van der Waals surface area contributed by atoms with Crippen LogP contribution in [0.4, 0.5) is 4.79 Å². The second-order valence-electron chi connectivity index (χ2n) is 8.15. The zero-order valence-electron chi connectivity index (χ0n) is 16.5. The predicted molar refractivity (Wildman–Crippen MR) is 106 cm³/mol. The molecule has 0 aliphatic heterocycles. The van der Waals surface area contributed by atoms with Crippen molar-refractivity contribution in [3.05, 3.63) is 35.9 Å². The smallest absolute Gasteiger partial charge is 0.407 e. The molecular weight excluding hydrogens is 348 g/mol. The van der Waals surface area contributed by atoms with Gasteiger partial charge in [0, 0.05) is 16.9 Å². The molecule has 0 radical (unpaired) electrons. The first kappa shape index (κ1) is 21.1. The first-order chi connectivity index (χ1) is 12.2. The fourth-order valence-electron chi connectivity index (χ4n) is 3.03. The highest BCUT2D eigenvalue weighted by molar-refractivity contribution is 7.90. The Morgan fingerprint density at radius 2 is 1.92 bits per heavy atom. The molecule has 146 valence electrons. The molecule has 1 saturated carbocycles. The van der Waals surface area contributed by atoms with E-state index in [0.29, 0.717) is 0 Å². The van der Waals surface area contributed by atoms with E-state index in [4.69, 9.17) is 4.74 Å². The average Bonchev–Trinajstić information content (AvgIpc) is 3.37. The van der Waals surface area contributed by atoms with Gasteiger partial charge in [-0.05, 0) is 51.5 Å². The number of benzene rings is 1. The largest absolute Gasteiger partial charge is 0.598 e. The summed E-state index contributed by atoms with van der Waals surface area (Å²) in [5.41, 5.74) is 0.706. The molecule has 0 bridgehead atoms. The molecule has 1 aliphatic carbocycles. The van der Waals surface area contributed by atoms with E-state index in [-0.39, 0.29) is 34.9 Å². The van der Waals surface area contributed by atoms with Crippen LogP contribution in [0.5, 0.6) is 0 Å². The Morgan fingerprint density at radius 1 is 1.31 bits per heavy atom. The molecule has 1 aliphatic rings. The number of amides is 1. The molecule has 2 rings (SSSR count). The van der Waals surface area contributed by atoms with Gasteiger partial charge in [-0.3, -0.25) is 0 Å². The lowest BCUT2D eigenvalue weighted by atomic mass is 9.90. The van der Waals surface area contributed by atoms with Gasteiger partial charge in [-0.1, -0.05) is 44.2 Å². The molecule has 3 atom stereocenters. The molecule has 0 spiro atoms. The van der Waals surface area contributed by atoms with E-state index >= 15 is 0 Å². The molecule has 2 N–H and O–H groups in total. The van der Waals surface area contributed by atoms with Gasteiger partial charge in [0.2, 0.25) is 0 Å². The molecule has 26 heavy (non-hydrogen) atoms. The normalized spacial score (nSPS) is 19.3. The summed E-state index contributed by atoms with van der Waals surface area (Å²) < 4.78 is 20.8. The third kappa shape index (κ3) is 5.63. The standard InChI is InChI=1S/C20H32N2O3S/c1-6-17(22-26(24)19(3,4)5)15(2)20(12-13-20)21-18(23)25-14-16-10-8-7-9-11-16/h7-11,15,17,22H,6,12-14H2,1-5H3,(H,21,23)/t15?,17-,26-/m1/s1. The summed E-state index contributed by atoms with van der Waals surface area (Å²) in [7, 11) is 0. The number of rotatable bonds is 8. The summed E-state index contributed by atoms with van der Waals surface area (Å²) in [4.78, 5) is 12.3. The topological polar surface area (TPSA) is 73.4 Å². The monoisotopic (exact) mass is 380 g/mol. The van der Waals surface area contributed by atoms with Crippen LogP contribution in [0.2, 0.25) is 0 Å². The van der Waals surface area contributed by atoms with Crippen LogP contribution in [0.15, 0.2) is 30.3 Å². The highest BCUT2D eigenvalue weighted by Crippen LogP contribution is 2.44. The Balaban J connectivity index is 1.90. The summed E-state index contributed by atoms with van der Waals surface area (Å²) >= 11 is -1.13. The SMILES string of the molecule is CC[C@@H](N[S@+]([O-])C(C)(C)C)C(C)C1(NC(=O)OCc2ccccc2)CC1. The lowest BCUT2D eigenvalue weighted by Crippen LogP contribution is -2.53. The highest BCUT2D eigenvalue weighted by Gasteiger charge is 2.52. The second kappa shape index (κ2) is 8.63. The summed E-state index contributed by atoms with van der Waals surface area (Å²) in [6.07, 6.45) is 2.32. The van der Waals surface area contributed by atoms with Gasteiger partial charge < -0.3 is 14.6 Å². The number of nitrogens with one attached hydrogen (secondary N) is 2. The van der Waals surface area contributed by atoms with E-state index in [2.05, 4.69) is 23.9 Å². The summed E-state index contributed by atoms with van der Waals surface area (Å²) in [5, 5.41) is 3.06. The third-order valence-corrected chi connectivity index (χ3v) is 6.71. The number of hydrogen-bond donors (Lipinski definition) is 2. The summed E-state index contributed by atoms with van der Waals surface area (Å²) in [6.45, 7) is 10.3. The molecule has 1 aromatic rings. The first-order valence-corrected chi connectivity index (χ1v) is 10.5. The van der Waals surface area contributed by atoms with Crippen LogP contribution in [0.25, 0.3) is 0 Å². The van der Waals surface area contributed by atoms with Gasteiger partial charge in [0.05, 0.1) is 6.04 Å². The van der Waals surface area contributed by atoms with Crippen molar-refractivity contribution in [2.75, 3.05) is 0 Å². The predicted octanol–water partition coefficient (Wildman–Crippen LogP) is 3.91. The Kier molecular flexibility index (Phi) is 6.99. The minimum atomic E-state index is -1.13. The summed E-state index contributed by atoms with van der Waals surface area (Å²) in [6, 6.07) is 9.72. The maximum atomic E-state index is 12.5. The van der Waals surface area contributed by atoms with E-state index in [1.54, 1.807) is 0 Å². The quantitative estimate of drug-likeness (QED) is 0.671. The maximum absolute atomic E-state index is 12.5. The van der Waals surface area contributed by atoms with Crippen LogP contribution in [-0.4, -0.2) is 27.0 Å². The Morgan fingerprint density at radius 3 is 2.42 bits per heavy atom.